The van der Waals surface area contributed by atoms with Crippen LogP contribution < -0.4 is 5.73 Å². The molecule has 0 aliphatic carbocycles. The molecule has 2 aromatic rings. The monoisotopic (exact) mass is 196 g/mol. The van der Waals surface area contributed by atoms with Gasteiger partial charge in [-0.05, 0) is 0 Å². The van der Waals surface area contributed by atoms with Gasteiger partial charge in [0.2, 0.25) is 0 Å². The molecule has 68 valence electrons. The number of aromatic amines is 1. The summed E-state index contributed by atoms with van der Waals surface area (Å²) < 4.78 is 7.95. The van der Waals surface area contributed by atoms with Gasteiger partial charge in [-0.3, -0.25) is 0 Å². The lowest BCUT2D eigenvalue weighted by Gasteiger charge is -2.03. The van der Waals surface area contributed by atoms with Gasteiger partial charge in [-0.15, -0.1) is 0 Å². The summed E-state index contributed by atoms with van der Waals surface area (Å²) in [6.45, 7) is 0. The highest BCUT2D eigenvalue weighted by molar-refractivity contribution is 6.99. The Morgan fingerprint density at radius 1 is 1.54 bits per heavy atom. The Hall–Kier alpha value is -1.34. The maximum atomic E-state index is 5.85. The van der Waals surface area contributed by atoms with Gasteiger partial charge in [-0.2, -0.15) is 24.2 Å². The molecule has 13 heavy (non-hydrogen) atoms. The summed E-state index contributed by atoms with van der Waals surface area (Å²) in [4.78, 5) is 0. The molecule has 0 fully saturated rings. The minimum Gasteiger partial charge on any atom is -0.322 e. The van der Waals surface area contributed by atoms with Crippen LogP contribution in [0.25, 0.3) is 0 Å². The average Bonchev–Trinajstić information content (AvgIpc) is 2.74. The van der Waals surface area contributed by atoms with Gasteiger partial charge in [0.1, 0.15) is 0 Å². The second kappa shape index (κ2) is 3.58. The lowest BCUT2D eigenvalue weighted by molar-refractivity contribution is 0.683. The topological polar surface area (TPSA) is 93.4 Å². The third-order valence-corrected chi connectivity index (χ3v) is 2.17. The Morgan fingerprint density at radius 2 is 2.46 bits per heavy atom. The molecular weight excluding hydrogens is 188 g/mol. The zero-order valence-electron chi connectivity index (χ0n) is 6.71. The lowest BCUT2D eigenvalue weighted by atomic mass is 10.1. The maximum absolute atomic E-state index is 5.85. The number of nitrogens with one attached hydrogen (secondary N) is 1. The van der Waals surface area contributed by atoms with Gasteiger partial charge in [0.25, 0.3) is 0 Å². The van der Waals surface area contributed by atoms with E-state index in [0.29, 0.717) is 6.42 Å². The second-order valence-corrected chi connectivity index (χ2v) is 3.16. The molecule has 2 heterocycles. The van der Waals surface area contributed by atoms with Crippen molar-refractivity contribution in [2.24, 2.45) is 5.73 Å². The first-order chi connectivity index (χ1) is 6.36. The Labute approximate surface area is 78.5 Å². The summed E-state index contributed by atoms with van der Waals surface area (Å²) in [6.07, 6.45) is 3.97. The van der Waals surface area contributed by atoms with Crippen LogP contribution >= 0.6 is 11.7 Å². The van der Waals surface area contributed by atoms with Gasteiger partial charge in [-0.25, -0.2) is 0 Å². The molecule has 6 nitrogen and oxygen atoms in total. The van der Waals surface area contributed by atoms with E-state index in [2.05, 4.69) is 24.2 Å². The number of hydrogen-bond donors (Lipinski definition) is 2. The first-order valence-corrected chi connectivity index (χ1v) is 4.47. The third kappa shape index (κ3) is 1.87. The van der Waals surface area contributed by atoms with Crippen LogP contribution in [-0.4, -0.2) is 24.2 Å². The van der Waals surface area contributed by atoms with Gasteiger partial charge in [-0.1, -0.05) is 0 Å². The van der Waals surface area contributed by atoms with Crippen LogP contribution in [0.4, 0.5) is 0 Å². The molecule has 0 bridgehead atoms. The van der Waals surface area contributed by atoms with Crippen LogP contribution in [0, 0.1) is 0 Å². The predicted octanol–water partition coefficient (Wildman–Crippen LogP) is -0.101. The predicted molar refractivity (Wildman–Crippen MR) is 46.9 cm³/mol. The van der Waals surface area contributed by atoms with Crippen LogP contribution in [0.15, 0.2) is 12.4 Å². The molecule has 7 heteroatoms. The van der Waals surface area contributed by atoms with Gasteiger partial charge >= 0.3 is 0 Å². The molecule has 0 amide bonds. The smallest absolute Gasteiger partial charge is 0.0995 e. The molecule has 0 radical (unpaired) electrons. The van der Waals surface area contributed by atoms with Gasteiger partial charge in [0, 0.05) is 6.42 Å². The highest BCUT2D eigenvalue weighted by Crippen LogP contribution is 2.10. The number of aromatic nitrogens is 5. The van der Waals surface area contributed by atoms with Crippen molar-refractivity contribution in [3.8, 4) is 0 Å². The normalized spacial score (nSPS) is 13.0. The van der Waals surface area contributed by atoms with E-state index in [1.165, 1.54) is 11.7 Å². The van der Waals surface area contributed by atoms with Crippen molar-refractivity contribution in [3.63, 3.8) is 0 Å². The molecule has 0 saturated carbocycles. The number of nitrogens with two attached hydrogens (primary N) is 1. The van der Waals surface area contributed by atoms with Crippen molar-refractivity contribution in [1.82, 2.24) is 24.2 Å². The minimum absolute atomic E-state index is 0.164. The van der Waals surface area contributed by atoms with Crippen LogP contribution in [0.1, 0.15) is 17.4 Å². The Kier molecular flexibility index (Phi) is 2.28. The van der Waals surface area contributed by atoms with Crippen molar-refractivity contribution in [2.75, 3.05) is 0 Å². The fourth-order valence-electron chi connectivity index (χ4n) is 0.993. The first-order valence-electron chi connectivity index (χ1n) is 3.74. The molecule has 1 atom stereocenters. The van der Waals surface area contributed by atoms with Gasteiger partial charge in [0.15, 0.2) is 0 Å². The Balaban J connectivity index is 2.04. The summed E-state index contributed by atoms with van der Waals surface area (Å²) in [6, 6.07) is -0.164. The first kappa shape index (κ1) is 8.27. The molecule has 0 saturated heterocycles. The fourth-order valence-corrected chi connectivity index (χ4v) is 1.44. The van der Waals surface area contributed by atoms with Gasteiger partial charge < -0.3 is 5.73 Å². The molecule has 0 aliphatic rings. The standard InChI is InChI=1S/C6H8N6S/c7-5(6-3-8-12-10-6)1-4-2-9-13-11-4/h2-3,5H,1,7H2,(H,8,10,12). The molecule has 0 aromatic carbocycles. The summed E-state index contributed by atoms with van der Waals surface area (Å²) in [5, 5.41) is 10.1. The van der Waals surface area contributed by atoms with E-state index < -0.39 is 0 Å². The van der Waals surface area contributed by atoms with Gasteiger partial charge in [0.05, 0.1) is 41.6 Å². The quantitative estimate of drug-likeness (QED) is 0.715. The maximum Gasteiger partial charge on any atom is 0.0995 e. The SMILES string of the molecule is NC(Cc1cnsn1)c1cn[nH]n1. The van der Waals surface area contributed by atoms with E-state index in [-0.39, 0.29) is 6.04 Å². The zero-order chi connectivity index (χ0) is 9.10. The van der Waals surface area contributed by atoms with Crippen molar-refractivity contribution in [3.05, 3.63) is 23.8 Å². The number of H-pyrrole nitrogens is 1. The third-order valence-electron chi connectivity index (χ3n) is 1.65. The highest BCUT2D eigenvalue weighted by atomic mass is 32.1. The highest BCUT2D eigenvalue weighted by Gasteiger charge is 2.10. The molecule has 0 aliphatic heterocycles. The Bertz CT molecular complexity index is 341. The number of rotatable bonds is 3. The van der Waals surface area contributed by atoms with E-state index in [1.807, 2.05) is 0 Å². The molecular formula is C6H8N6S. The summed E-state index contributed by atoms with van der Waals surface area (Å²) in [5.74, 6) is 0. The minimum atomic E-state index is -0.164. The van der Waals surface area contributed by atoms with E-state index in [4.69, 9.17) is 5.73 Å². The van der Waals surface area contributed by atoms with E-state index >= 15 is 0 Å². The van der Waals surface area contributed by atoms with Crippen LogP contribution in [0.2, 0.25) is 0 Å². The molecule has 1 unspecified atom stereocenters. The van der Waals surface area contributed by atoms with E-state index in [0.717, 1.165) is 11.4 Å². The molecule has 2 aromatic heterocycles. The molecule has 2 rings (SSSR count). The second-order valence-electron chi connectivity index (χ2n) is 2.60. The van der Waals surface area contributed by atoms with Crippen LogP contribution in [0.5, 0.6) is 0 Å². The molecule has 3 N–H and O–H groups in total. The Morgan fingerprint density at radius 3 is 3.08 bits per heavy atom. The zero-order valence-corrected chi connectivity index (χ0v) is 7.53. The van der Waals surface area contributed by atoms with Crippen molar-refractivity contribution >= 4 is 11.7 Å². The number of nitrogens with zero attached hydrogens (tertiary/aromatic N) is 4. The lowest BCUT2D eigenvalue weighted by Crippen LogP contribution is -2.13. The summed E-state index contributed by atoms with van der Waals surface area (Å²) >= 11 is 1.18. The molecule has 0 spiro atoms. The van der Waals surface area contributed by atoms with E-state index in [1.54, 1.807) is 12.4 Å². The average molecular weight is 196 g/mol. The van der Waals surface area contributed by atoms with Crippen LogP contribution in [-0.2, 0) is 6.42 Å². The van der Waals surface area contributed by atoms with Crippen molar-refractivity contribution in [2.45, 2.75) is 12.5 Å². The largest absolute Gasteiger partial charge is 0.322 e. The fraction of sp³-hybridized carbons (Fsp3) is 0.333. The van der Waals surface area contributed by atoms with Crippen LogP contribution in [0.3, 0.4) is 0 Å². The number of hydrogen-bond acceptors (Lipinski definition) is 6. The van der Waals surface area contributed by atoms with Crippen molar-refractivity contribution in [1.29, 1.82) is 0 Å². The summed E-state index contributed by atoms with van der Waals surface area (Å²) in [5.41, 5.74) is 7.48. The summed E-state index contributed by atoms with van der Waals surface area (Å²) in [7, 11) is 0. The van der Waals surface area contributed by atoms with E-state index in [9.17, 15) is 0 Å². The van der Waals surface area contributed by atoms with Crippen molar-refractivity contribution < 1.29 is 0 Å².